The third-order valence-corrected chi connectivity index (χ3v) is 4.02. The third-order valence-electron chi connectivity index (χ3n) is 3.42. The number of amides is 2. The first-order valence-electron chi connectivity index (χ1n) is 6.29. The standard InChI is InChI=1S/C14H16BrFN2O2/c1-8-12(19)17-14(2,3)13(20)18(8)7-9-4-5-11(16)10(15)6-9/h4-6,8H,7H2,1-3H3,(H,17,19). The molecule has 1 aromatic carbocycles. The van der Waals surface area contributed by atoms with Gasteiger partial charge in [0, 0.05) is 6.54 Å². The minimum atomic E-state index is -0.916. The number of benzene rings is 1. The number of nitrogens with one attached hydrogen (secondary N) is 1. The van der Waals surface area contributed by atoms with Crippen LogP contribution in [0, 0.1) is 5.82 Å². The lowest BCUT2D eigenvalue weighted by Crippen LogP contribution is -2.66. The van der Waals surface area contributed by atoms with E-state index in [-0.39, 0.29) is 24.2 Å². The molecule has 6 heteroatoms. The van der Waals surface area contributed by atoms with E-state index < -0.39 is 11.6 Å². The van der Waals surface area contributed by atoms with Crippen LogP contribution in [0.2, 0.25) is 0 Å². The molecule has 1 saturated heterocycles. The molecule has 0 spiro atoms. The molecule has 1 aliphatic rings. The first-order valence-corrected chi connectivity index (χ1v) is 7.08. The molecule has 1 heterocycles. The molecule has 2 amide bonds. The summed E-state index contributed by atoms with van der Waals surface area (Å²) in [6.07, 6.45) is 0. The van der Waals surface area contributed by atoms with Crippen LogP contribution in [0.4, 0.5) is 4.39 Å². The molecular formula is C14H16BrFN2O2. The second-order valence-corrected chi connectivity index (χ2v) is 6.33. The van der Waals surface area contributed by atoms with E-state index in [1.165, 1.54) is 11.0 Å². The molecule has 108 valence electrons. The van der Waals surface area contributed by atoms with Gasteiger partial charge in [-0.15, -0.1) is 0 Å². The van der Waals surface area contributed by atoms with Crippen LogP contribution < -0.4 is 5.32 Å². The normalized spacial score (nSPS) is 21.9. The zero-order chi connectivity index (χ0) is 15.1. The van der Waals surface area contributed by atoms with Crippen molar-refractivity contribution >= 4 is 27.7 Å². The highest BCUT2D eigenvalue weighted by Gasteiger charge is 2.43. The average molecular weight is 343 g/mol. The topological polar surface area (TPSA) is 49.4 Å². The lowest BCUT2D eigenvalue weighted by Gasteiger charge is -2.41. The fourth-order valence-corrected chi connectivity index (χ4v) is 2.61. The van der Waals surface area contributed by atoms with E-state index >= 15 is 0 Å². The second kappa shape index (κ2) is 5.16. The van der Waals surface area contributed by atoms with Crippen molar-refractivity contribution in [1.29, 1.82) is 0 Å². The first kappa shape index (κ1) is 15.0. The summed E-state index contributed by atoms with van der Waals surface area (Å²) in [5, 5.41) is 2.69. The molecular weight excluding hydrogens is 327 g/mol. The number of hydrogen-bond donors (Lipinski definition) is 1. The van der Waals surface area contributed by atoms with E-state index in [1.807, 2.05) is 0 Å². The molecule has 0 bridgehead atoms. The van der Waals surface area contributed by atoms with Crippen LogP contribution in [0.3, 0.4) is 0 Å². The van der Waals surface area contributed by atoms with E-state index in [9.17, 15) is 14.0 Å². The average Bonchev–Trinajstić information content (AvgIpc) is 2.36. The summed E-state index contributed by atoms with van der Waals surface area (Å²) >= 11 is 3.12. The fourth-order valence-electron chi connectivity index (χ4n) is 2.19. The highest BCUT2D eigenvalue weighted by Crippen LogP contribution is 2.23. The van der Waals surface area contributed by atoms with Gasteiger partial charge in [-0.05, 0) is 54.4 Å². The SMILES string of the molecule is CC1C(=O)NC(C)(C)C(=O)N1Cc1ccc(F)c(Br)c1. The van der Waals surface area contributed by atoms with Crippen LogP contribution in [0.25, 0.3) is 0 Å². The lowest BCUT2D eigenvalue weighted by atomic mass is 9.97. The predicted octanol–water partition coefficient (Wildman–Crippen LogP) is 2.21. The zero-order valence-electron chi connectivity index (χ0n) is 11.5. The van der Waals surface area contributed by atoms with Crippen LogP contribution in [-0.4, -0.2) is 28.3 Å². The number of carbonyl (C=O) groups excluding carboxylic acids is 2. The Morgan fingerprint density at radius 3 is 2.65 bits per heavy atom. The number of rotatable bonds is 2. The molecule has 2 rings (SSSR count). The van der Waals surface area contributed by atoms with Crippen molar-refractivity contribution in [3.8, 4) is 0 Å². The third kappa shape index (κ3) is 2.70. The summed E-state index contributed by atoms with van der Waals surface area (Å²) < 4.78 is 13.6. The van der Waals surface area contributed by atoms with Crippen LogP contribution >= 0.6 is 15.9 Å². The number of carbonyl (C=O) groups is 2. The Balaban J connectivity index is 2.27. The van der Waals surface area contributed by atoms with Crippen LogP contribution in [-0.2, 0) is 16.1 Å². The molecule has 1 N–H and O–H groups in total. The minimum absolute atomic E-state index is 0.148. The molecule has 1 unspecified atom stereocenters. The van der Waals surface area contributed by atoms with Gasteiger partial charge in [0.25, 0.3) is 0 Å². The Hall–Kier alpha value is -1.43. The molecule has 0 aliphatic carbocycles. The van der Waals surface area contributed by atoms with Gasteiger partial charge in [0.05, 0.1) is 4.47 Å². The summed E-state index contributed by atoms with van der Waals surface area (Å²) in [4.78, 5) is 25.8. The van der Waals surface area contributed by atoms with Crippen LogP contribution in [0.5, 0.6) is 0 Å². The van der Waals surface area contributed by atoms with Gasteiger partial charge in [0.1, 0.15) is 17.4 Å². The molecule has 0 aromatic heterocycles. The largest absolute Gasteiger partial charge is 0.340 e. The maximum Gasteiger partial charge on any atom is 0.248 e. The number of hydrogen-bond acceptors (Lipinski definition) is 2. The summed E-state index contributed by atoms with van der Waals surface area (Å²) in [5.41, 5.74) is -0.148. The minimum Gasteiger partial charge on any atom is -0.340 e. The van der Waals surface area contributed by atoms with E-state index in [0.717, 1.165) is 5.56 Å². The molecule has 4 nitrogen and oxygen atoms in total. The Bertz CT molecular complexity index is 574. The van der Waals surface area contributed by atoms with Gasteiger partial charge in [-0.1, -0.05) is 6.07 Å². The van der Waals surface area contributed by atoms with Crippen molar-refractivity contribution in [3.05, 3.63) is 34.1 Å². The Labute approximate surface area is 125 Å². The Kier molecular flexibility index (Phi) is 3.86. The van der Waals surface area contributed by atoms with E-state index in [4.69, 9.17) is 0 Å². The van der Waals surface area contributed by atoms with Gasteiger partial charge in [0.15, 0.2) is 0 Å². The van der Waals surface area contributed by atoms with Gasteiger partial charge < -0.3 is 10.2 Å². The number of nitrogens with zero attached hydrogens (tertiary/aromatic N) is 1. The smallest absolute Gasteiger partial charge is 0.248 e. The Morgan fingerprint density at radius 1 is 1.40 bits per heavy atom. The number of piperazine rings is 1. The quantitative estimate of drug-likeness (QED) is 0.895. The van der Waals surface area contributed by atoms with Gasteiger partial charge in [0.2, 0.25) is 11.8 Å². The van der Waals surface area contributed by atoms with Crippen LogP contribution in [0.15, 0.2) is 22.7 Å². The molecule has 0 saturated carbocycles. The maximum atomic E-state index is 13.2. The van der Waals surface area contributed by atoms with Gasteiger partial charge in [-0.25, -0.2) is 4.39 Å². The second-order valence-electron chi connectivity index (χ2n) is 5.47. The summed E-state index contributed by atoms with van der Waals surface area (Å²) in [5.74, 6) is -0.689. The number of halogens is 2. The molecule has 1 aliphatic heterocycles. The highest BCUT2D eigenvalue weighted by atomic mass is 79.9. The van der Waals surface area contributed by atoms with E-state index in [2.05, 4.69) is 21.2 Å². The molecule has 20 heavy (non-hydrogen) atoms. The summed E-state index contributed by atoms with van der Waals surface area (Å²) in [7, 11) is 0. The first-order chi connectivity index (χ1) is 9.22. The van der Waals surface area contributed by atoms with Crippen molar-refractivity contribution in [1.82, 2.24) is 10.2 Å². The zero-order valence-corrected chi connectivity index (χ0v) is 13.1. The molecule has 1 atom stereocenters. The van der Waals surface area contributed by atoms with E-state index in [1.54, 1.807) is 32.9 Å². The Morgan fingerprint density at radius 2 is 2.05 bits per heavy atom. The molecule has 0 radical (unpaired) electrons. The monoisotopic (exact) mass is 342 g/mol. The van der Waals surface area contributed by atoms with Crippen LogP contribution in [0.1, 0.15) is 26.3 Å². The highest BCUT2D eigenvalue weighted by molar-refractivity contribution is 9.10. The van der Waals surface area contributed by atoms with Crippen molar-refractivity contribution in [3.63, 3.8) is 0 Å². The van der Waals surface area contributed by atoms with Crippen molar-refractivity contribution < 1.29 is 14.0 Å². The van der Waals surface area contributed by atoms with Crippen molar-refractivity contribution in [2.24, 2.45) is 0 Å². The fraction of sp³-hybridized carbons (Fsp3) is 0.429. The molecule has 1 fully saturated rings. The predicted molar refractivity (Wildman–Crippen MR) is 76.3 cm³/mol. The van der Waals surface area contributed by atoms with Gasteiger partial charge in [-0.3, -0.25) is 9.59 Å². The van der Waals surface area contributed by atoms with E-state index in [0.29, 0.717) is 4.47 Å². The van der Waals surface area contributed by atoms with Crippen molar-refractivity contribution in [2.75, 3.05) is 0 Å². The maximum absolute atomic E-state index is 13.2. The van der Waals surface area contributed by atoms with Crippen molar-refractivity contribution in [2.45, 2.75) is 38.9 Å². The summed E-state index contributed by atoms with van der Waals surface area (Å²) in [6, 6.07) is 4.03. The summed E-state index contributed by atoms with van der Waals surface area (Å²) in [6.45, 7) is 5.30. The van der Waals surface area contributed by atoms with Gasteiger partial charge in [-0.2, -0.15) is 0 Å². The molecule has 1 aromatic rings. The lowest BCUT2D eigenvalue weighted by molar-refractivity contribution is -0.153. The van der Waals surface area contributed by atoms with Gasteiger partial charge >= 0.3 is 0 Å².